The fraction of sp³-hybridized carbons (Fsp3) is 0.107. The van der Waals surface area contributed by atoms with Crippen LogP contribution in [0.3, 0.4) is 0 Å². The predicted molar refractivity (Wildman–Crippen MR) is 145 cm³/mol. The maximum Gasteiger partial charge on any atom is 0.314 e. The molecule has 3 aliphatic heterocycles. The number of aromatic amines is 1. The van der Waals surface area contributed by atoms with Gasteiger partial charge in [-0.15, -0.1) is 0 Å². The van der Waals surface area contributed by atoms with Crippen LogP contribution in [0.25, 0.3) is 17.3 Å². The van der Waals surface area contributed by atoms with Crippen LogP contribution in [0.1, 0.15) is 29.2 Å². The fourth-order valence-corrected chi connectivity index (χ4v) is 6.09. The van der Waals surface area contributed by atoms with Crippen LogP contribution in [-0.4, -0.2) is 32.0 Å². The number of hydrogen-bond acceptors (Lipinski definition) is 6. The number of nitrogens with one attached hydrogen (secondary N) is 2. The zero-order valence-corrected chi connectivity index (χ0v) is 21.0. The zero-order chi connectivity index (χ0) is 25.0. The summed E-state index contributed by atoms with van der Waals surface area (Å²) in [5.74, 6) is -0.555. The number of hydrogen-bond donors (Lipinski definition) is 2. The van der Waals surface area contributed by atoms with Crippen LogP contribution in [0.5, 0.6) is 5.75 Å². The summed E-state index contributed by atoms with van der Waals surface area (Å²) in [6.07, 6.45) is 4.38. The molecule has 182 valence electrons. The van der Waals surface area contributed by atoms with Crippen molar-refractivity contribution in [3.63, 3.8) is 0 Å². The Labute approximate surface area is 222 Å². The van der Waals surface area contributed by atoms with Crippen molar-refractivity contribution in [3.05, 3.63) is 112 Å². The molecule has 0 bridgehead atoms. The van der Waals surface area contributed by atoms with E-state index in [0.29, 0.717) is 16.3 Å². The summed E-state index contributed by atoms with van der Waals surface area (Å²) >= 11 is 7.24. The van der Waals surface area contributed by atoms with Gasteiger partial charge in [-0.3, -0.25) is 15.2 Å². The average Bonchev–Trinajstić information content (AvgIpc) is 3.64. The van der Waals surface area contributed by atoms with Crippen LogP contribution in [0.15, 0.2) is 95.1 Å². The van der Waals surface area contributed by atoms with Crippen LogP contribution >= 0.6 is 23.4 Å². The van der Waals surface area contributed by atoms with Gasteiger partial charge in [0.2, 0.25) is 0 Å². The van der Waals surface area contributed by atoms with E-state index in [4.69, 9.17) is 21.4 Å². The number of carbonyl (C=O) groups excluding carboxylic acids is 1. The molecule has 7 nitrogen and oxygen atoms in total. The van der Waals surface area contributed by atoms with Gasteiger partial charge in [0.05, 0.1) is 28.5 Å². The summed E-state index contributed by atoms with van der Waals surface area (Å²) < 4.78 is 6.62. The Kier molecular flexibility index (Phi) is 5.12. The first-order valence-electron chi connectivity index (χ1n) is 11.8. The molecule has 1 aromatic heterocycles. The molecule has 1 saturated heterocycles. The minimum atomic E-state index is -1.28. The molecule has 1 amide bonds. The van der Waals surface area contributed by atoms with Gasteiger partial charge in [0.25, 0.3) is 5.24 Å². The van der Waals surface area contributed by atoms with E-state index in [1.807, 2.05) is 83.9 Å². The Morgan fingerprint density at radius 1 is 1.03 bits per heavy atom. The minimum absolute atomic E-state index is 0.115. The Bertz CT molecular complexity index is 1580. The molecule has 4 heterocycles. The molecule has 37 heavy (non-hydrogen) atoms. The molecule has 9 heteroatoms. The maximum atomic E-state index is 12.9. The van der Waals surface area contributed by atoms with E-state index in [1.54, 1.807) is 6.20 Å². The fourth-order valence-electron chi connectivity index (χ4n) is 5.06. The van der Waals surface area contributed by atoms with Crippen molar-refractivity contribution < 1.29 is 9.53 Å². The number of thioether (sulfide) groups is 1. The largest absolute Gasteiger partial charge is 0.444 e. The van der Waals surface area contributed by atoms with Crippen molar-refractivity contribution in [2.24, 2.45) is 5.10 Å². The van der Waals surface area contributed by atoms with E-state index < -0.39 is 5.85 Å². The summed E-state index contributed by atoms with van der Waals surface area (Å²) in [6.45, 7) is 0. The highest BCUT2D eigenvalue weighted by atomic mass is 35.5. The monoisotopic (exact) mass is 525 g/mol. The number of carbonyl (C=O) groups is 1. The summed E-state index contributed by atoms with van der Waals surface area (Å²) in [5, 5.41) is 17.8. The Balaban J connectivity index is 1.37. The van der Waals surface area contributed by atoms with Crippen molar-refractivity contribution in [2.75, 3.05) is 0 Å². The van der Waals surface area contributed by atoms with Crippen LogP contribution in [0.2, 0.25) is 5.02 Å². The second kappa shape index (κ2) is 8.54. The first kappa shape index (κ1) is 22.2. The molecule has 7 rings (SSSR count). The topological polar surface area (TPSA) is 82.6 Å². The smallest absolute Gasteiger partial charge is 0.314 e. The third-order valence-electron chi connectivity index (χ3n) is 6.77. The summed E-state index contributed by atoms with van der Waals surface area (Å²) in [6, 6.07) is 25.4. The van der Waals surface area contributed by atoms with Gasteiger partial charge < -0.3 is 4.74 Å². The Morgan fingerprint density at radius 3 is 2.65 bits per heavy atom. The second-order valence-electron chi connectivity index (χ2n) is 8.99. The van der Waals surface area contributed by atoms with Gasteiger partial charge >= 0.3 is 5.85 Å². The van der Waals surface area contributed by atoms with Crippen LogP contribution in [0.4, 0.5) is 4.79 Å². The quantitative estimate of drug-likeness (QED) is 0.322. The van der Waals surface area contributed by atoms with E-state index >= 15 is 0 Å². The van der Waals surface area contributed by atoms with Crippen LogP contribution < -0.4 is 10.1 Å². The number of amides is 1. The van der Waals surface area contributed by atoms with Gasteiger partial charge in [-0.2, -0.15) is 10.2 Å². The lowest BCUT2D eigenvalue weighted by Crippen LogP contribution is -2.61. The molecular formula is C28H20ClN5O2S. The minimum Gasteiger partial charge on any atom is -0.444 e. The van der Waals surface area contributed by atoms with E-state index in [0.717, 1.165) is 51.2 Å². The van der Waals surface area contributed by atoms with E-state index in [2.05, 4.69) is 21.6 Å². The number of fused-ring (bicyclic) bond motifs is 4. The normalized spacial score (nSPS) is 23.0. The highest BCUT2D eigenvalue weighted by molar-refractivity contribution is 8.17. The van der Waals surface area contributed by atoms with E-state index in [9.17, 15) is 4.79 Å². The van der Waals surface area contributed by atoms with Gasteiger partial charge in [0, 0.05) is 28.1 Å². The third-order valence-corrected chi connectivity index (χ3v) is 7.93. The summed E-state index contributed by atoms with van der Waals surface area (Å²) in [7, 11) is 0. The highest BCUT2D eigenvalue weighted by Crippen LogP contribution is 2.52. The zero-order valence-electron chi connectivity index (χ0n) is 19.4. The lowest BCUT2D eigenvalue weighted by Gasteiger charge is -2.45. The van der Waals surface area contributed by atoms with Gasteiger partial charge in [0.15, 0.2) is 0 Å². The second-order valence-corrected chi connectivity index (χ2v) is 10.4. The molecule has 2 atom stereocenters. The van der Waals surface area contributed by atoms with E-state index in [-0.39, 0.29) is 11.3 Å². The number of nitrogens with zero attached hydrogens (tertiary/aromatic N) is 3. The first-order chi connectivity index (χ1) is 18.1. The highest BCUT2D eigenvalue weighted by Gasteiger charge is 2.58. The van der Waals surface area contributed by atoms with Crippen molar-refractivity contribution >= 4 is 40.4 Å². The summed E-state index contributed by atoms with van der Waals surface area (Å²) in [4.78, 5) is 13.6. The molecule has 1 fully saturated rings. The van der Waals surface area contributed by atoms with E-state index in [1.165, 1.54) is 0 Å². The molecule has 2 unspecified atom stereocenters. The number of rotatable bonds is 3. The molecule has 2 N–H and O–H groups in total. The Hall–Kier alpha value is -4.01. The summed E-state index contributed by atoms with van der Waals surface area (Å²) in [5.41, 5.74) is 5.63. The molecule has 0 saturated carbocycles. The molecule has 0 radical (unpaired) electrons. The average molecular weight is 526 g/mol. The van der Waals surface area contributed by atoms with Crippen molar-refractivity contribution in [1.29, 1.82) is 0 Å². The standard InChI is InChI=1S/C28H20ClN5O2S/c29-20-12-10-17(11-13-20)22-15-23-21-8-4-5-9-24(21)36-28(34(23)33-22)25(37-27(35)31-28)14-19-16-30-32-26(19)18-6-2-1-3-7-18/h1-14,16,23H,15H2,(H,30,32)(H,31,35). The molecule has 3 aliphatic rings. The molecule has 0 aliphatic carbocycles. The molecule has 1 spiro atoms. The van der Waals surface area contributed by atoms with Crippen LogP contribution in [-0.2, 0) is 0 Å². The Morgan fingerprint density at radius 2 is 1.81 bits per heavy atom. The number of ether oxygens (including phenoxy) is 1. The van der Waals surface area contributed by atoms with Crippen LogP contribution in [0, 0.1) is 0 Å². The first-order valence-corrected chi connectivity index (χ1v) is 13.0. The van der Waals surface area contributed by atoms with Crippen molar-refractivity contribution in [1.82, 2.24) is 20.5 Å². The number of halogens is 1. The van der Waals surface area contributed by atoms with Gasteiger partial charge in [0.1, 0.15) is 5.75 Å². The third kappa shape index (κ3) is 3.63. The predicted octanol–water partition coefficient (Wildman–Crippen LogP) is 6.42. The SMILES string of the molecule is O=C1NC2(Oc3ccccc3C3CC(c4ccc(Cl)cc4)=NN32)C(=Cc2cn[nH]c2-c2ccccc2)S1. The number of benzene rings is 3. The van der Waals surface area contributed by atoms with Gasteiger partial charge in [-0.1, -0.05) is 72.3 Å². The number of H-pyrrole nitrogens is 1. The van der Waals surface area contributed by atoms with Crippen molar-refractivity contribution in [2.45, 2.75) is 18.3 Å². The number of para-hydroxylation sites is 1. The molecular weight excluding hydrogens is 506 g/mol. The lowest BCUT2D eigenvalue weighted by atomic mass is 9.95. The molecule has 4 aromatic rings. The van der Waals surface area contributed by atoms with Crippen molar-refractivity contribution in [3.8, 4) is 17.0 Å². The maximum absolute atomic E-state index is 12.9. The van der Waals surface area contributed by atoms with Gasteiger partial charge in [-0.25, -0.2) is 5.01 Å². The molecule has 3 aromatic carbocycles. The number of hydrazone groups is 1. The lowest BCUT2D eigenvalue weighted by molar-refractivity contribution is -0.0949. The number of aromatic nitrogens is 2. The van der Waals surface area contributed by atoms with Gasteiger partial charge in [-0.05, 0) is 41.6 Å².